The minimum Gasteiger partial charge on any atom is -0.378 e. The molecule has 2 heteroatoms. The predicted octanol–water partition coefficient (Wildman–Crippen LogP) is 3.11. The molecule has 0 spiro atoms. The molecule has 0 aromatic carbocycles. The zero-order valence-electron chi connectivity index (χ0n) is 10.4. The lowest BCUT2D eigenvalue weighted by Gasteiger charge is -2.18. The highest BCUT2D eigenvalue weighted by Gasteiger charge is 2.15. The van der Waals surface area contributed by atoms with Crippen molar-refractivity contribution in [3.63, 3.8) is 0 Å². The van der Waals surface area contributed by atoms with E-state index >= 15 is 0 Å². The maximum atomic E-state index is 5.61. The van der Waals surface area contributed by atoms with Gasteiger partial charge in [0.2, 0.25) is 0 Å². The Balaban J connectivity index is 2.04. The smallest absolute Gasteiger partial charge is 0.0588 e. The third kappa shape index (κ3) is 5.53. The van der Waals surface area contributed by atoms with E-state index in [1.165, 1.54) is 44.9 Å². The summed E-state index contributed by atoms with van der Waals surface area (Å²) in [6, 6.07) is 0.737. The van der Waals surface area contributed by atoms with Crippen LogP contribution >= 0.6 is 0 Å². The van der Waals surface area contributed by atoms with E-state index in [0.717, 1.165) is 19.2 Å². The second-order valence-electron chi connectivity index (χ2n) is 4.65. The lowest BCUT2D eigenvalue weighted by Crippen LogP contribution is -2.31. The quantitative estimate of drug-likeness (QED) is 0.669. The van der Waals surface area contributed by atoms with Crippen molar-refractivity contribution < 1.29 is 4.74 Å². The van der Waals surface area contributed by atoms with Gasteiger partial charge in [0.25, 0.3) is 0 Å². The Morgan fingerprint density at radius 1 is 1.27 bits per heavy atom. The molecule has 1 aliphatic rings. The molecular formula is C13H27NO. The van der Waals surface area contributed by atoms with Gasteiger partial charge in [0.15, 0.2) is 0 Å². The highest BCUT2D eigenvalue weighted by molar-refractivity contribution is 4.70. The Morgan fingerprint density at radius 3 is 2.53 bits per heavy atom. The van der Waals surface area contributed by atoms with Gasteiger partial charge in [0, 0.05) is 12.6 Å². The molecule has 0 bridgehead atoms. The molecule has 0 radical (unpaired) electrons. The van der Waals surface area contributed by atoms with Gasteiger partial charge in [-0.05, 0) is 38.6 Å². The summed E-state index contributed by atoms with van der Waals surface area (Å²) < 4.78 is 5.61. The highest BCUT2D eigenvalue weighted by atomic mass is 16.5. The van der Waals surface area contributed by atoms with E-state index in [-0.39, 0.29) is 0 Å². The van der Waals surface area contributed by atoms with Gasteiger partial charge < -0.3 is 10.1 Å². The van der Waals surface area contributed by atoms with Gasteiger partial charge >= 0.3 is 0 Å². The lowest BCUT2D eigenvalue weighted by atomic mass is 10.1. The maximum absolute atomic E-state index is 5.61. The molecule has 1 saturated heterocycles. The minimum atomic E-state index is 0.543. The number of hydrogen-bond acceptors (Lipinski definition) is 2. The Morgan fingerprint density at radius 2 is 2.00 bits per heavy atom. The van der Waals surface area contributed by atoms with E-state index in [2.05, 4.69) is 19.2 Å². The van der Waals surface area contributed by atoms with Crippen molar-refractivity contribution in [1.82, 2.24) is 5.32 Å². The summed E-state index contributed by atoms with van der Waals surface area (Å²) in [5.41, 5.74) is 0. The molecule has 1 aliphatic heterocycles. The molecular weight excluding hydrogens is 186 g/mol. The number of hydrogen-bond donors (Lipinski definition) is 1. The number of nitrogens with one attached hydrogen (secondary N) is 1. The average Bonchev–Trinajstić information content (AvgIpc) is 2.71. The SMILES string of the molecule is CCCC(CCC)NCC[C@@H]1CCCO1. The zero-order chi connectivity index (χ0) is 10.9. The van der Waals surface area contributed by atoms with Crippen LogP contribution in [0.5, 0.6) is 0 Å². The van der Waals surface area contributed by atoms with E-state index in [1.54, 1.807) is 0 Å². The molecule has 0 aromatic heterocycles. The molecule has 2 nitrogen and oxygen atoms in total. The molecule has 0 unspecified atom stereocenters. The van der Waals surface area contributed by atoms with E-state index < -0.39 is 0 Å². The average molecular weight is 213 g/mol. The molecule has 90 valence electrons. The summed E-state index contributed by atoms with van der Waals surface area (Å²) in [4.78, 5) is 0. The minimum absolute atomic E-state index is 0.543. The number of rotatable bonds is 8. The van der Waals surface area contributed by atoms with E-state index in [4.69, 9.17) is 4.74 Å². The van der Waals surface area contributed by atoms with Crippen LogP contribution in [-0.2, 0) is 4.74 Å². The van der Waals surface area contributed by atoms with Crippen LogP contribution in [0.2, 0.25) is 0 Å². The fourth-order valence-electron chi connectivity index (χ4n) is 2.37. The van der Waals surface area contributed by atoms with Gasteiger partial charge in [-0.25, -0.2) is 0 Å². The molecule has 1 fully saturated rings. The largest absolute Gasteiger partial charge is 0.378 e. The first-order chi connectivity index (χ1) is 7.36. The number of ether oxygens (including phenoxy) is 1. The normalized spacial score (nSPS) is 21.4. The van der Waals surface area contributed by atoms with Crippen molar-refractivity contribution in [1.29, 1.82) is 0 Å². The molecule has 0 saturated carbocycles. The Bertz CT molecular complexity index is 137. The fourth-order valence-corrected chi connectivity index (χ4v) is 2.37. The van der Waals surface area contributed by atoms with Gasteiger partial charge in [-0.15, -0.1) is 0 Å². The lowest BCUT2D eigenvalue weighted by molar-refractivity contribution is 0.103. The van der Waals surface area contributed by atoms with Gasteiger partial charge in [-0.3, -0.25) is 0 Å². The van der Waals surface area contributed by atoms with Gasteiger partial charge in [0.1, 0.15) is 0 Å². The summed E-state index contributed by atoms with van der Waals surface area (Å²) in [6.07, 6.45) is 9.49. The van der Waals surface area contributed by atoms with Gasteiger partial charge in [-0.1, -0.05) is 26.7 Å². The van der Waals surface area contributed by atoms with Crippen LogP contribution < -0.4 is 5.32 Å². The van der Waals surface area contributed by atoms with Gasteiger partial charge in [-0.2, -0.15) is 0 Å². The van der Waals surface area contributed by atoms with Crippen molar-refractivity contribution in [3.05, 3.63) is 0 Å². The highest BCUT2D eigenvalue weighted by Crippen LogP contribution is 2.14. The van der Waals surface area contributed by atoms with E-state index in [9.17, 15) is 0 Å². The zero-order valence-corrected chi connectivity index (χ0v) is 10.4. The van der Waals surface area contributed by atoms with E-state index in [1.807, 2.05) is 0 Å². The second-order valence-corrected chi connectivity index (χ2v) is 4.65. The third-order valence-electron chi connectivity index (χ3n) is 3.20. The monoisotopic (exact) mass is 213 g/mol. The first kappa shape index (κ1) is 13.0. The van der Waals surface area contributed by atoms with Crippen LogP contribution in [0.15, 0.2) is 0 Å². The van der Waals surface area contributed by atoms with Crippen LogP contribution in [0.1, 0.15) is 58.8 Å². The Hall–Kier alpha value is -0.0800. The van der Waals surface area contributed by atoms with Crippen LogP contribution in [0.25, 0.3) is 0 Å². The first-order valence-electron chi connectivity index (χ1n) is 6.71. The summed E-state index contributed by atoms with van der Waals surface area (Å²) in [6.45, 7) is 6.65. The topological polar surface area (TPSA) is 21.3 Å². The van der Waals surface area contributed by atoms with Crippen molar-refractivity contribution in [3.8, 4) is 0 Å². The van der Waals surface area contributed by atoms with E-state index in [0.29, 0.717) is 6.10 Å². The van der Waals surface area contributed by atoms with Crippen LogP contribution in [0, 0.1) is 0 Å². The Kier molecular flexibility index (Phi) is 7.03. The molecule has 1 heterocycles. The molecule has 0 aliphatic carbocycles. The predicted molar refractivity (Wildman–Crippen MR) is 65.2 cm³/mol. The van der Waals surface area contributed by atoms with Crippen LogP contribution in [0.4, 0.5) is 0 Å². The molecule has 1 N–H and O–H groups in total. The van der Waals surface area contributed by atoms with Crippen LogP contribution in [-0.4, -0.2) is 25.3 Å². The molecule has 1 rings (SSSR count). The first-order valence-corrected chi connectivity index (χ1v) is 6.71. The summed E-state index contributed by atoms with van der Waals surface area (Å²) in [7, 11) is 0. The van der Waals surface area contributed by atoms with Crippen molar-refractivity contribution >= 4 is 0 Å². The summed E-state index contributed by atoms with van der Waals surface area (Å²) in [5, 5.41) is 3.67. The molecule has 0 aromatic rings. The maximum Gasteiger partial charge on any atom is 0.0588 e. The van der Waals surface area contributed by atoms with Gasteiger partial charge in [0.05, 0.1) is 6.10 Å². The van der Waals surface area contributed by atoms with Crippen LogP contribution in [0.3, 0.4) is 0 Å². The van der Waals surface area contributed by atoms with Crippen molar-refractivity contribution in [2.45, 2.75) is 70.9 Å². The van der Waals surface area contributed by atoms with Crippen molar-refractivity contribution in [2.75, 3.05) is 13.2 Å². The summed E-state index contributed by atoms with van der Waals surface area (Å²) in [5.74, 6) is 0. The third-order valence-corrected chi connectivity index (χ3v) is 3.20. The van der Waals surface area contributed by atoms with Crippen molar-refractivity contribution in [2.24, 2.45) is 0 Å². The summed E-state index contributed by atoms with van der Waals surface area (Å²) >= 11 is 0. The molecule has 0 amide bonds. The second kappa shape index (κ2) is 8.12. The fraction of sp³-hybridized carbons (Fsp3) is 1.00. The molecule has 1 atom stereocenters. The standard InChI is InChI=1S/C13H27NO/c1-3-6-12(7-4-2)14-10-9-13-8-5-11-15-13/h12-14H,3-11H2,1-2H3/t13-/m0/s1. The Labute approximate surface area is 94.8 Å². The molecule has 15 heavy (non-hydrogen) atoms.